The second-order valence-corrected chi connectivity index (χ2v) is 6.49. The second-order valence-electron chi connectivity index (χ2n) is 6.49. The number of methoxy groups -OCH3 is 2. The SMILES string of the molecule is COc1cccc(OC)c1-n1c(-c2ccc(C(=O)O)cc2)nnc1-c1ccc(C)o1. The van der Waals surface area contributed by atoms with Crippen LogP contribution in [0.5, 0.6) is 11.5 Å². The molecular weight excluding hydrogens is 386 g/mol. The largest absolute Gasteiger partial charge is 0.494 e. The number of hydrogen-bond acceptors (Lipinski definition) is 6. The Labute approximate surface area is 172 Å². The van der Waals surface area contributed by atoms with Gasteiger partial charge in [0.25, 0.3) is 0 Å². The van der Waals surface area contributed by atoms with Crippen molar-refractivity contribution in [2.45, 2.75) is 6.92 Å². The molecule has 30 heavy (non-hydrogen) atoms. The fourth-order valence-corrected chi connectivity index (χ4v) is 3.21. The molecule has 0 fully saturated rings. The molecule has 2 heterocycles. The molecule has 8 heteroatoms. The molecule has 0 unspecified atom stereocenters. The third-order valence-corrected chi connectivity index (χ3v) is 4.64. The first kappa shape index (κ1) is 19.3. The van der Waals surface area contributed by atoms with Crippen molar-refractivity contribution < 1.29 is 23.8 Å². The first-order chi connectivity index (χ1) is 14.5. The summed E-state index contributed by atoms with van der Waals surface area (Å²) in [5.41, 5.74) is 1.46. The average molecular weight is 405 g/mol. The van der Waals surface area contributed by atoms with Gasteiger partial charge in [0.15, 0.2) is 11.6 Å². The third kappa shape index (κ3) is 3.28. The summed E-state index contributed by atoms with van der Waals surface area (Å²) in [5.74, 6) is 2.33. The normalized spacial score (nSPS) is 10.8. The predicted molar refractivity (Wildman–Crippen MR) is 109 cm³/mol. The van der Waals surface area contributed by atoms with Crippen molar-refractivity contribution in [1.82, 2.24) is 14.8 Å². The number of carboxylic acids is 1. The summed E-state index contributed by atoms with van der Waals surface area (Å²) in [6.07, 6.45) is 0. The smallest absolute Gasteiger partial charge is 0.335 e. The zero-order valence-electron chi connectivity index (χ0n) is 16.6. The zero-order chi connectivity index (χ0) is 21.3. The highest BCUT2D eigenvalue weighted by Gasteiger charge is 2.24. The Hall–Kier alpha value is -4.07. The lowest BCUT2D eigenvalue weighted by molar-refractivity contribution is 0.0697. The molecule has 2 aromatic heterocycles. The van der Waals surface area contributed by atoms with Crippen molar-refractivity contribution in [3.05, 3.63) is 65.9 Å². The lowest BCUT2D eigenvalue weighted by Crippen LogP contribution is -2.05. The van der Waals surface area contributed by atoms with Crippen LogP contribution in [-0.4, -0.2) is 40.1 Å². The number of aromatic carboxylic acids is 1. The van der Waals surface area contributed by atoms with Gasteiger partial charge in [-0.1, -0.05) is 18.2 Å². The number of ether oxygens (including phenoxy) is 2. The fourth-order valence-electron chi connectivity index (χ4n) is 3.21. The van der Waals surface area contributed by atoms with E-state index in [-0.39, 0.29) is 5.56 Å². The third-order valence-electron chi connectivity index (χ3n) is 4.64. The number of carboxylic acid groups (broad SMARTS) is 1. The minimum Gasteiger partial charge on any atom is -0.494 e. The molecular formula is C22H19N3O5. The molecule has 0 atom stereocenters. The highest BCUT2D eigenvalue weighted by atomic mass is 16.5. The van der Waals surface area contributed by atoms with Crippen LogP contribution in [-0.2, 0) is 0 Å². The van der Waals surface area contributed by atoms with E-state index in [2.05, 4.69) is 10.2 Å². The van der Waals surface area contributed by atoms with Crippen LogP contribution in [0.1, 0.15) is 16.1 Å². The van der Waals surface area contributed by atoms with Crippen molar-refractivity contribution in [1.29, 1.82) is 0 Å². The van der Waals surface area contributed by atoms with E-state index in [0.717, 1.165) is 5.76 Å². The number of rotatable bonds is 6. The molecule has 0 aliphatic rings. The van der Waals surface area contributed by atoms with E-state index in [0.29, 0.717) is 40.2 Å². The van der Waals surface area contributed by atoms with Crippen molar-refractivity contribution in [3.63, 3.8) is 0 Å². The summed E-state index contributed by atoms with van der Waals surface area (Å²) in [6.45, 7) is 1.85. The van der Waals surface area contributed by atoms with E-state index >= 15 is 0 Å². The molecule has 8 nitrogen and oxygen atoms in total. The molecule has 4 rings (SSSR count). The maximum atomic E-state index is 11.2. The maximum Gasteiger partial charge on any atom is 0.335 e. The standard InChI is InChI=1S/C22H19N3O5/c1-13-7-12-18(30-13)21-24-23-20(14-8-10-15(11-9-14)22(26)27)25(21)19-16(28-2)5-4-6-17(19)29-3/h4-12H,1-3H3,(H,26,27). The summed E-state index contributed by atoms with van der Waals surface area (Å²) in [5, 5.41) is 17.9. The summed E-state index contributed by atoms with van der Waals surface area (Å²) in [4.78, 5) is 11.2. The van der Waals surface area contributed by atoms with Crippen LogP contribution < -0.4 is 9.47 Å². The Balaban J connectivity index is 2.00. The first-order valence-electron chi connectivity index (χ1n) is 9.10. The van der Waals surface area contributed by atoms with E-state index in [1.807, 2.05) is 37.3 Å². The van der Waals surface area contributed by atoms with Gasteiger partial charge in [-0.3, -0.25) is 4.57 Å². The van der Waals surface area contributed by atoms with Crippen LogP contribution in [0.2, 0.25) is 0 Å². The molecule has 0 saturated carbocycles. The van der Waals surface area contributed by atoms with Gasteiger partial charge in [-0.25, -0.2) is 4.79 Å². The Bertz CT molecular complexity index is 1190. The lowest BCUT2D eigenvalue weighted by Gasteiger charge is -2.17. The second kappa shape index (κ2) is 7.75. The fraction of sp³-hybridized carbons (Fsp3) is 0.136. The summed E-state index contributed by atoms with van der Waals surface area (Å²) >= 11 is 0. The number of para-hydroxylation sites is 1. The van der Waals surface area contributed by atoms with E-state index in [9.17, 15) is 9.90 Å². The number of hydrogen-bond donors (Lipinski definition) is 1. The maximum absolute atomic E-state index is 11.2. The highest BCUT2D eigenvalue weighted by Crippen LogP contribution is 2.38. The molecule has 1 N–H and O–H groups in total. The molecule has 0 saturated heterocycles. The molecule has 4 aromatic rings. The quantitative estimate of drug-likeness (QED) is 0.513. The van der Waals surface area contributed by atoms with Crippen LogP contribution in [0, 0.1) is 6.92 Å². The van der Waals surface area contributed by atoms with E-state index in [4.69, 9.17) is 13.9 Å². The Kier molecular flexibility index (Phi) is 4.97. The highest BCUT2D eigenvalue weighted by molar-refractivity contribution is 5.88. The predicted octanol–water partition coefficient (Wildman–Crippen LogP) is 4.22. The van der Waals surface area contributed by atoms with Crippen molar-refractivity contribution in [2.24, 2.45) is 0 Å². The summed E-state index contributed by atoms with van der Waals surface area (Å²) in [6, 6.07) is 15.5. The van der Waals surface area contributed by atoms with E-state index in [1.54, 1.807) is 30.9 Å². The van der Waals surface area contributed by atoms with Gasteiger partial charge in [-0.2, -0.15) is 0 Å². The average Bonchev–Trinajstić information content (AvgIpc) is 3.39. The number of aryl methyl sites for hydroxylation is 1. The molecule has 0 amide bonds. The molecule has 0 aliphatic heterocycles. The Morgan fingerprint density at radius 2 is 1.57 bits per heavy atom. The van der Waals surface area contributed by atoms with Crippen LogP contribution >= 0.6 is 0 Å². The van der Waals surface area contributed by atoms with Gasteiger partial charge in [-0.05, 0) is 43.3 Å². The summed E-state index contributed by atoms with van der Waals surface area (Å²) < 4.78 is 18.7. The number of aromatic nitrogens is 3. The minimum absolute atomic E-state index is 0.182. The Morgan fingerprint density at radius 1 is 0.933 bits per heavy atom. The van der Waals surface area contributed by atoms with E-state index < -0.39 is 5.97 Å². The van der Waals surface area contributed by atoms with Gasteiger partial charge < -0.3 is 19.0 Å². The van der Waals surface area contributed by atoms with Crippen molar-refractivity contribution in [3.8, 4) is 40.2 Å². The zero-order valence-corrected chi connectivity index (χ0v) is 16.6. The first-order valence-corrected chi connectivity index (χ1v) is 9.10. The molecule has 0 spiro atoms. The van der Waals surface area contributed by atoms with Crippen LogP contribution in [0.4, 0.5) is 0 Å². The lowest BCUT2D eigenvalue weighted by atomic mass is 10.1. The van der Waals surface area contributed by atoms with Crippen LogP contribution in [0.3, 0.4) is 0 Å². The minimum atomic E-state index is -0.999. The van der Waals surface area contributed by atoms with Crippen LogP contribution in [0.25, 0.3) is 28.7 Å². The summed E-state index contributed by atoms with van der Waals surface area (Å²) in [7, 11) is 3.14. The molecule has 0 bridgehead atoms. The number of nitrogens with zero attached hydrogens (tertiary/aromatic N) is 3. The Morgan fingerprint density at radius 3 is 2.10 bits per heavy atom. The van der Waals surface area contributed by atoms with Gasteiger partial charge >= 0.3 is 5.97 Å². The van der Waals surface area contributed by atoms with Gasteiger partial charge in [0.1, 0.15) is 22.9 Å². The topological polar surface area (TPSA) is 99.6 Å². The number of carbonyl (C=O) groups is 1. The van der Waals surface area contributed by atoms with Gasteiger partial charge in [0.05, 0.1) is 19.8 Å². The van der Waals surface area contributed by atoms with Gasteiger partial charge in [0, 0.05) is 5.56 Å². The molecule has 0 aliphatic carbocycles. The number of furan rings is 1. The van der Waals surface area contributed by atoms with Crippen LogP contribution in [0.15, 0.2) is 59.0 Å². The molecule has 152 valence electrons. The number of benzene rings is 2. The monoisotopic (exact) mass is 405 g/mol. The van der Waals surface area contributed by atoms with Crippen molar-refractivity contribution >= 4 is 5.97 Å². The van der Waals surface area contributed by atoms with Gasteiger partial charge in [-0.15, -0.1) is 10.2 Å². The molecule has 2 aromatic carbocycles. The molecule has 0 radical (unpaired) electrons. The van der Waals surface area contributed by atoms with Gasteiger partial charge in [0.2, 0.25) is 5.82 Å². The van der Waals surface area contributed by atoms with Crippen molar-refractivity contribution in [2.75, 3.05) is 14.2 Å². The van der Waals surface area contributed by atoms with E-state index in [1.165, 1.54) is 12.1 Å².